The van der Waals surface area contributed by atoms with E-state index in [4.69, 9.17) is 16.0 Å². The van der Waals surface area contributed by atoms with Crippen LogP contribution in [0.3, 0.4) is 0 Å². The molecule has 0 aliphatic rings. The maximum atomic E-state index is 10.5. The molecule has 0 heterocycles. The highest BCUT2D eigenvalue weighted by atomic mass is 32.2. The summed E-state index contributed by atoms with van der Waals surface area (Å²) in [6.45, 7) is 0. The van der Waals surface area contributed by atoms with E-state index in [-0.39, 0.29) is 0 Å². The third kappa shape index (κ3) is 2.92. The largest absolute Gasteiger partial charge is 0.399 e. The van der Waals surface area contributed by atoms with Crippen molar-refractivity contribution < 1.29 is 13.0 Å². The molecule has 0 spiro atoms. The molecule has 0 aliphatic carbocycles. The lowest BCUT2D eigenvalue weighted by Crippen LogP contribution is -2.05. The molecule has 1 aromatic rings. The zero-order valence-electron chi connectivity index (χ0n) is 6.77. The highest BCUT2D eigenvalue weighted by molar-refractivity contribution is 7.85. The van der Waals surface area contributed by atoms with Crippen LogP contribution >= 0.6 is 0 Å². The monoisotopic (exact) mass is 202 g/mol. The van der Waals surface area contributed by atoms with Gasteiger partial charge in [0, 0.05) is 11.4 Å². The van der Waals surface area contributed by atoms with E-state index in [0.29, 0.717) is 16.9 Å². The van der Waals surface area contributed by atoms with Crippen molar-refractivity contribution in [3.8, 4) is 0 Å². The summed E-state index contributed by atoms with van der Waals surface area (Å²) < 4.78 is 29.6. The second-order valence-corrected chi connectivity index (χ2v) is 4.14. The highest BCUT2D eigenvalue weighted by Crippen LogP contribution is 2.17. The van der Waals surface area contributed by atoms with Crippen molar-refractivity contribution >= 4 is 21.5 Å². The Kier molecular flexibility index (Phi) is 2.44. The topological polar surface area (TPSA) is 106 Å². The lowest BCUT2D eigenvalue weighted by atomic mass is 10.2. The molecule has 0 saturated heterocycles. The molecular weight excluding hydrogens is 192 g/mol. The Morgan fingerprint density at radius 1 is 1.31 bits per heavy atom. The molecule has 0 radical (unpaired) electrons. The first-order valence-corrected chi connectivity index (χ1v) is 5.08. The fourth-order valence-electron chi connectivity index (χ4n) is 0.947. The van der Waals surface area contributed by atoms with Gasteiger partial charge >= 0.3 is 0 Å². The molecule has 0 atom stereocenters. The van der Waals surface area contributed by atoms with E-state index < -0.39 is 15.9 Å². The first kappa shape index (κ1) is 9.82. The average molecular weight is 202 g/mol. The van der Waals surface area contributed by atoms with E-state index in [2.05, 4.69) is 0 Å². The molecule has 72 valence electrons. The molecule has 0 fully saturated rings. The third-order valence-electron chi connectivity index (χ3n) is 1.50. The van der Waals surface area contributed by atoms with Crippen molar-refractivity contribution in [2.45, 2.75) is 5.75 Å². The van der Waals surface area contributed by atoms with Gasteiger partial charge < -0.3 is 11.5 Å². The summed E-state index contributed by atoms with van der Waals surface area (Å²) in [7, 11) is -4.05. The summed E-state index contributed by atoms with van der Waals surface area (Å²) in [6, 6.07) is 4.47. The highest BCUT2D eigenvalue weighted by Gasteiger charge is 2.09. The van der Waals surface area contributed by atoms with Crippen LogP contribution in [-0.4, -0.2) is 13.0 Å². The van der Waals surface area contributed by atoms with Crippen molar-refractivity contribution in [3.05, 3.63) is 23.8 Å². The van der Waals surface area contributed by atoms with Gasteiger partial charge in [-0.3, -0.25) is 4.55 Å². The average Bonchev–Trinajstić information content (AvgIpc) is 1.94. The molecule has 1 aromatic carbocycles. The van der Waals surface area contributed by atoms with Crippen LogP contribution in [0.1, 0.15) is 5.56 Å². The molecule has 1 rings (SSSR count). The third-order valence-corrected chi connectivity index (χ3v) is 2.18. The molecule has 5 nitrogen and oxygen atoms in total. The van der Waals surface area contributed by atoms with Gasteiger partial charge in [0.2, 0.25) is 0 Å². The summed E-state index contributed by atoms with van der Waals surface area (Å²) in [5.41, 5.74) is 11.9. The van der Waals surface area contributed by atoms with Crippen molar-refractivity contribution in [1.82, 2.24) is 0 Å². The Bertz CT molecular complexity index is 414. The first-order chi connectivity index (χ1) is 5.88. The fourth-order valence-corrected chi connectivity index (χ4v) is 1.59. The zero-order chi connectivity index (χ0) is 10.1. The lowest BCUT2D eigenvalue weighted by Gasteiger charge is -2.04. The minimum Gasteiger partial charge on any atom is -0.399 e. The Balaban J connectivity index is 3.08. The maximum absolute atomic E-state index is 10.5. The number of hydrogen-bond acceptors (Lipinski definition) is 4. The quantitative estimate of drug-likeness (QED) is 0.470. The van der Waals surface area contributed by atoms with E-state index in [1.54, 1.807) is 6.07 Å². The first-order valence-electron chi connectivity index (χ1n) is 3.47. The van der Waals surface area contributed by atoms with Gasteiger partial charge in [-0.05, 0) is 23.8 Å². The van der Waals surface area contributed by atoms with Gasteiger partial charge in [0.15, 0.2) is 0 Å². The predicted octanol–water partition coefficient (Wildman–Crippen LogP) is 0.239. The van der Waals surface area contributed by atoms with Crippen LogP contribution in [0.2, 0.25) is 0 Å². The van der Waals surface area contributed by atoms with Crippen LogP contribution in [-0.2, 0) is 15.9 Å². The Morgan fingerprint density at radius 2 is 1.92 bits per heavy atom. The van der Waals surface area contributed by atoms with Crippen molar-refractivity contribution in [2.75, 3.05) is 11.5 Å². The predicted molar refractivity (Wildman–Crippen MR) is 50.5 cm³/mol. The van der Waals surface area contributed by atoms with Gasteiger partial charge in [0.1, 0.15) is 5.75 Å². The number of benzene rings is 1. The SMILES string of the molecule is Nc1ccc(N)c(CS(=O)(=O)O)c1. The molecule has 0 bridgehead atoms. The fraction of sp³-hybridized carbons (Fsp3) is 0.143. The van der Waals surface area contributed by atoms with Gasteiger partial charge in [-0.2, -0.15) is 8.42 Å². The van der Waals surface area contributed by atoms with Crippen molar-refractivity contribution in [1.29, 1.82) is 0 Å². The van der Waals surface area contributed by atoms with Crippen LogP contribution < -0.4 is 11.5 Å². The summed E-state index contributed by atoms with van der Waals surface area (Å²) in [5, 5.41) is 0. The van der Waals surface area contributed by atoms with Crippen LogP contribution in [0.25, 0.3) is 0 Å². The Morgan fingerprint density at radius 3 is 2.46 bits per heavy atom. The number of anilines is 2. The molecule has 0 amide bonds. The van der Waals surface area contributed by atoms with Crippen LogP contribution in [0, 0.1) is 0 Å². The zero-order valence-corrected chi connectivity index (χ0v) is 7.58. The molecule has 0 aliphatic heterocycles. The van der Waals surface area contributed by atoms with E-state index in [0.717, 1.165) is 0 Å². The molecular formula is C7H10N2O3S. The molecule has 0 saturated carbocycles. The van der Waals surface area contributed by atoms with Crippen LogP contribution in [0.15, 0.2) is 18.2 Å². The second-order valence-electron chi connectivity index (χ2n) is 2.68. The standard InChI is InChI=1S/C7H10N2O3S/c8-6-1-2-7(9)5(3-6)4-13(10,11)12/h1-3H,4,8-9H2,(H,10,11,12). The smallest absolute Gasteiger partial charge is 0.269 e. The maximum Gasteiger partial charge on any atom is 0.269 e. The van der Waals surface area contributed by atoms with Gasteiger partial charge in [-0.15, -0.1) is 0 Å². The number of nitrogen functional groups attached to an aromatic ring is 2. The van der Waals surface area contributed by atoms with Gasteiger partial charge in [0.25, 0.3) is 10.1 Å². The number of nitrogens with two attached hydrogens (primary N) is 2. The van der Waals surface area contributed by atoms with Gasteiger partial charge in [-0.25, -0.2) is 0 Å². The van der Waals surface area contributed by atoms with Gasteiger partial charge in [-0.1, -0.05) is 0 Å². The summed E-state index contributed by atoms with van der Waals surface area (Å²) in [6.07, 6.45) is 0. The lowest BCUT2D eigenvalue weighted by molar-refractivity contribution is 0.482. The van der Waals surface area contributed by atoms with E-state index >= 15 is 0 Å². The van der Waals surface area contributed by atoms with Crippen molar-refractivity contribution in [3.63, 3.8) is 0 Å². The van der Waals surface area contributed by atoms with Crippen molar-refractivity contribution in [2.24, 2.45) is 0 Å². The van der Waals surface area contributed by atoms with Crippen LogP contribution in [0.4, 0.5) is 11.4 Å². The Labute approximate surface area is 76.1 Å². The van der Waals surface area contributed by atoms with E-state index in [1.165, 1.54) is 12.1 Å². The molecule has 0 unspecified atom stereocenters. The molecule has 5 N–H and O–H groups in total. The number of rotatable bonds is 2. The van der Waals surface area contributed by atoms with Crippen LogP contribution in [0.5, 0.6) is 0 Å². The van der Waals surface area contributed by atoms with E-state index in [9.17, 15) is 8.42 Å². The second kappa shape index (κ2) is 3.23. The molecule has 13 heavy (non-hydrogen) atoms. The van der Waals surface area contributed by atoms with E-state index in [1.807, 2.05) is 0 Å². The number of hydrogen-bond donors (Lipinski definition) is 3. The summed E-state index contributed by atoms with van der Waals surface area (Å²) in [4.78, 5) is 0. The minimum absolute atomic E-state index is 0.298. The molecule has 6 heteroatoms. The minimum atomic E-state index is -4.05. The molecule has 0 aromatic heterocycles. The van der Waals surface area contributed by atoms with Gasteiger partial charge in [0.05, 0.1) is 0 Å². The summed E-state index contributed by atoms with van der Waals surface area (Å²) in [5.74, 6) is -0.510. The normalized spacial score (nSPS) is 11.5. The summed E-state index contributed by atoms with van der Waals surface area (Å²) >= 11 is 0. The Hall–Kier alpha value is -1.27.